The first-order chi connectivity index (χ1) is 14.3. The molecule has 2 fully saturated rings. The number of nitrogens with zero attached hydrogens (tertiary/aromatic N) is 1. The zero-order valence-electron chi connectivity index (χ0n) is 20.6. The Balaban J connectivity index is 0.00000272. The van der Waals surface area contributed by atoms with Crippen LogP contribution in [-0.4, -0.2) is 4.98 Å². The first-order valence-electron chi connectivity index (χ1n) is 12.7. The van der Waals surface area contributed by atoms with Gasteiger partial charge in [-0.15, -0.1) is 17.0 Å². The quantitative estimate of drug-likeness (QED) is 0.420. The van der Waals surface area contributed by atoms with Gasteiger partial charge in [-0.25, -0.2) is 0 Å². The summed E-state index contributed by atoms with van der Waals surface area (Å²) in [5, 5.41) is 1.34. The first kappa shape index (κ1) is 24.7. The van der Waals surface area contributed by atoms with E-state index in [4.69, 9.17) is 4.98 Å². The first-order valence-corrected chi connectivity index (χ1v) is 12.7. The average Bonchev–Trinajstić information content (AvgIpc) is 2.72. The fraction of sp³-hybridized carbons (Fsp3) is 0.690. The summed E-state index contributed by atoms with van der Waals surface area (Å²) in [4.78, 5) is 5.46. The van der Waals surface area contributed by atoms with E-state index in [0.29, 0.717) is 11.8 Å². The van der Waals surface area contributed by atoms with E-state index in [-0.39, 0.29) is 17.0 Å². The van der Waals surface area contributed by atoms with E-state index in [2.05, 4.69) is 71.9 Å². The second kappa shape index (κ2) is 10.4. The molecule has 0 spiro atoms. The number of aromatic nitrogens is 1. The van der Waals surface area contributed by atoms with Crippen LogP contribution in [0.5, 0.6) is 0 Å². The lowest BCUT2D eigenvalue weighted by Crippen LogP contribution is -2.31. The van der Waals surface area contributed by atoms with Crippen molar-refractivity contribution in [3.05, 3.63) is 41.6 Å². The molecule has 0 bridgehead atoms. The third kappa shape index (κ3) is 5.21. The maximum Gasteiger partial charge on any atom is 0.0705 e. The van der Waals surface area contributed by atoms with Gasteiger partial charge in [-0.1, -0.05) is 72.6 Å². The number of benzene rings is 1. The summed E-state index contributed by atoms with van der Waals surface area (Å²) in [6.45, 7) is 14.7. The van der Waals surface area contributed by atoms with Gasteiger partial charge in [0.15, 0.2) is 0 Å². The molecule has 0 saturated heterocycles. The number of rotatable bonds is 4. The highest BCUT2D eigenvalue weighted by molar-refractivity contribution is 8.93. The van der Waals surface area contributed by atoms with Gasteiger partial charge in [-0.05, 0) is 84.8 Å². The van der Waals surface area contributed by atoms with E-state index in [9.17, 15) is 0 Å². The third-order valence-electron chi connectivity index (χ3n) is 8.58. The average molecular weight is 487 g/mol. The van der Waals surface area contributed by atoms with Crippen LogP contribution in [-0.2, 0) is 0 Å². The van der Waals surface area contributed by atoms with E-state index < -0.39 is 0 Å². The highest BCUT2D eigenvalue weighted by Crippen LogP contribution is 2.50. The zero-order valence-corrected chi connectivity index (χ0v) is 22.3. The van der Waals surface area contributed by atoms with E-state index in [1.807, 2.05) is 0 Å². The number of para-hydroxylation sites is 1. The molecule has 4 rings (SSSR count). The molecule has 6 unspecified atom stereocenters. The largest absolute Gasteiger partial charge is 0.252 e. The summed E-state index contributed by atoms with van der Waals surface area (Å²) in [6.07, 6.45) is 8.18. The van der Waals surface area contributed by atoms with Crippen molar-refractivity contribution in [3.8, 4) is 0 Å². The predicted molar refractivity (Wildman–Crippen MR) is 140 cm³/mol. The molecule has 2 heteroatoms. The highest BCUT2D eigenvalue weighted by Gasteiger charge is 2.38. The number of hydrogen-bond acceptors (Lipinski definition) is 1. The van der Waals surface area contributed by atoms with Crippen molar-refractivity contribution < 1.29 is 0 Å². The van der Waals surface area contributed by atoms with Crippen LogP contribution in [0.4, 0.5) is 0 Å². The Kier molecular flexibility index (Phi) is 8.27. The van der Waals surface area contributed by atoms with Crippen LogP contribution in [0.2, 0.25) is 0 Å². The standard InChI is InChI=1S/C29H43N.BrH/c1-18(2)23-13-11-20(5)15-25(23)27-17-22-9-7-8-10-28(22)30-29(27)26-16-21(6)12-14-24(26)19(3)4;/h7-10,17-21,23-26H,11-16H2,1-6H3;1H. The lowest BCUT2D eigenvalue weighted by molar-refractivity contribution is 0.181. The van der Waals surface area contributed by atoms with Crippen LogP contribution in [0.3, 0.4) is 0 Å². The van der Waals surface area contributed by atoms with Crippen molar-refractivity contribution in [1.29, 1.82) is 0 Å². The highest BCUT2D eigenvalue weighted by atomic mass is 79.9. The van der Waals surface area contributed by atoms with Crippen molar-refractivity contribution >= 4 is 27.9 Å². The minimum Gasteiger partial charge on any atom is -0.252 e. The fourth-order valence-electron chi connectivity index (χ4n) is 6.82. The van der Waals surface area contributed by atoms with E-state index in [1.165, 1.54) is 55.1 Å². The summed E-state index contributed by atoms with van der Waals surface area (Å²) in [5.74, 6) is 5.98. The summed E-state index contributed by atoms with van der Waals surface area (Å²) in [6, 6.07) is 11.4. The minimum atomic E-state index is 0. The Morgan fingerprint density at radius 1 is 0.774 bits per heavy atom. The van der Waals surface area contributed by atoms with Gasteiger partial charge >= 0.3 is 0 Å². The summed E-state index contributed by atoms with van der Waals surface area (Å²) in [5.41, 5.74) is 4.29. The van der Waals surface area contributed by atoms with Crippen LogP contribution >= 0.6 is 17.0 Å². The molecule has 1 heterocycles. The molecule has 6 atom stereocenters. The molecule has 0 N–H and O–H groups in total. The smallest absolute Gasteiger partial charge is 0.0705 e. The Morgan fingerprint density at radius 2 is 1.32 bits per heavy atom. The topological polar surface area (TPSA) is 12.9 Å². The van der Waals surface area contributed by atoms with Gasteiger partial charge in [-0.3, -0.25) is 4.98 Å². The Bertz CT molecular complexity index is 786. The Hall–Kier alpha value is -0.890. The molecule has 0 amide bonds. The molecule has 1 nitrogen and oxygen atoms in total. The van der Waals surface area contributed by atoms with Gasteiger partial charge < -0.3 is 0 Å². The number of halogens is 1. The molecular weight excluding hydrogens is 442 g/mol. The molecule has 1 aromatic carbocycles. The minimum absolute atomic E-state index is 0. The normalized spacial score (nSPS) is 31.7. The molecule has 2 aliphatic carbocycles. The molecule has 0 aliphatic heterocycles. The second-order valence-electron chi connectivity index (χ2n) is 11.5. The fourth-order valence-corrected chi connectivity index (χ4v) is 6.82. The van der Waals surface area contributed by atoms with Gasteiger partial charge in [0.1, 0.15) is 0 Å². The summed E-state index contributed by atoms with van der Waals surface area (Å²) in [7, 11) is 0. The lowest BCUT2D eigenvalue weighted by Gasteiger charge is -2.42. The zero-order chi connectivity index (χ0) is 21.4. The SMILES string of the molecule is Br.CC1CCC(C(C)C)C(c2cc3ccccc3nc2C2CC(C)CCC2C(C)C)C1. The molecule has 1 aromatic heterocycles. The van der Waals surface area contributed by atoms with Gasteiger partial charge in [-0.2, -0.15) is 0 Å². The summed E-state index contributed by atoms with van der Waals surface area (Å²) < 4.78 is 0. The predicted octanol–water partition coefficient (Wildman–Crippen LogP) is 9.16. The van der Waals surface area contributed by atoms with Gasteiger partial charge in [0.05, 0.1) is 5.52 Å². The summed E-state index contributed by atoms with van der Waals surface area (Å²) >= 11 is 0. The van der Waals surface area contributed by atoms with Crippen LogP contribution in [0.1, 0.15) is 103 Å². The van der Waals surface area contributed by atoms with E-state index >= 15 is 0 Å². The third-order valence-corrected chi connectivity index (χ3v) is 8.58. The van der Waals surface area contributed by atoms with Crippen molar-refractivity contribution in [1.82, 2.24) is 4.98 Å². The number of fused-ring (bicyclic) bond motifs is 1. The van der Waals surface area contributed by atoms with E-state index in [0.717, 1.165) is 35.5 Å². The van der Waals surface area contributed by atoms with Crippen molar-refractivity contribution in [2.45, 2.75) is 91.9 Å². The second-order valence-corrected chi connectivity index (χ2v) is 11.5. The maximum atomic E-state index is 5.46. The lowest BCUT2D eigenvalue weighted by atomic mass is 9.63. The van der Waals surface area contributed by atoms with Gasteiger partial charge in [0.25, 0.3) is 0 Å². The number of hydrogen-bond donors (Lipinski definition) is 0. The Labute approximate surface area is 201 Å². The maximum absolute atomic E-state index is 5.46. The van der Waals surface area contributed by atoms with Crippen LogP contribution < -0.4 is 0 Å². The van der Waals surface area contributed by atoms with E-state index in [1.54, 1.807) is 5.56 Å². The number of pyridine rings is 1. The van der Waals surface area contributed by atoms with Crippen LogP contribution in [0, 0.1) is 35.5 Å². The van der Waals surface area contributed by atoms with Crippen LogP contribution in [0.15, 0.2) is 30.3 Å². The van der Waals surface area contributed by atoms with Gasteiger partial charge in [0, 0.05) is 17.0 Å². The molecular formula is C29H44BrN. The molecule has 31 heavy (non-hydrogen) atoms. The molecule has 2 aliphatic rings. The Morgan fingerprint density at radius 3 is 1.94 bits per heavy atom. The molecule has 172 valence electrons. The monoisotopic (exact) mass is 485 g/mol. The van der Waals surface area contributed by atoms with Gasteiger partial charge in [0.2, 0.25) is 0 Å². The molecule has 0 radical (unpaired) electrons. The molecule has 2 aromatic rings. The van der Waals surface area contributed by atoms with Crippen LogP contribution in [0.25, 0.3) is 10.9 Å². The van der Waals surface area contributed by atoms with Crippen molar-refractivity contribution in [3.63, 3.8) is 0 Å². The van der Waals surface area contributed by atoms with Crippen molar-refractivity contribution in [2.75, 3.05) is 0 Å². The van der Waals surface area contributed by atoms with Crippen molar-refractivity contribution in [2.24, 2.45) is 35.5 Å². The molecule has 2 saturated carbocycles.